The number of hydrogen-bond donors (Lipinski definition) is 0. The highest BCUT2D eigenvalue weighted by Gasteiger charge is 2.43. The maximum absolute atomic E-state index is 5.53. The van der Waals surface area contributed by atoms with Crippen LogP contribution in [0.25, 0.3) is 0 Å². The first-order chi connectivity index (χ1) is 8.28. The zero-order chi connectivity index (χ0) is 12.1. The zero-order valence-corrected chi connectivity index (χ0v) is 11.9. The maximum atomic E-state index is 5.53. The van der Waals surface area contributed by atoms with Crippen molar-refractivity contribution < 1.29 is 27.1 Å². The Bertz CT molecular complexity index is 198. The van der Waals surface area contributed by atoms with Crippen LogP contribution >= 0.6 is 17.2 Å². The first kappa shape index (κ1) is 14.0. The molecule has 0 amide bonds. The molecule has 2 aliphatic heterocycles. The van der Waals surface area contributed by atoms with Crippen molar-refractivity contribution in [1.29, 1.82) is 0 Å². The van der Waals surface area contributed by atoms with Gasteiger partial charge >= 0.3 is 17.2 Å². The lowest BCUT2D eigenvalue weighted by Crippen LogP contribution is -2.44. The maximum Gasteiger partial charge on any atom is 0.332 e. The Kier molecular flexibility index (Phi) is 5.52. The van der Waals surface area contributed by atoms with Crippen molar-refractivity contribution in [2.45, 2.75) is 13.8 Å². The molecule has 2 fully saturated rings. The molecule has 0 aromatic carbocycles. The summed E-state index contributed by atoms with van der Waals surface area (Å²) in [6.07, 6.45) is 0. The van der Waals surface area contributed by atoms with Gasteiger partial charge in [0, 0.05) is 0 Å². The lowest BCUT2D eigenvalue weighted by molar-refractivity contribution is -0.0753. The Hall–Kier alpha value is 0.620. The zero-order valence-electron chi connectivity index (χ0n) is 10.1. The molecule has 0 saturated carbocycles. The number of rotatable bonds is 4. The predicted molar refractivity (Wildman–Crippen MR) is 63.3 cm³/mol. The Labute approximate surface area is 104 Å². The first-order valence-corrected chi connectivity index (χ1v) is 7.85. The van der Waals surface area contributed by atoms with Crippen molar-refractivity contribution in [3.63, 3.8) is 0 Å². The summed E-state index contributed by atoms with van der Waals surface area (Å²) < 4.78 is 32.7. The van der Waals surface area contributed by atoms with Gasteiger partial charge in [0.1, 0.15) is 0 Å². The minimum atomic E-state index is -1.18. The van der Waals surface area contributed by atoms with E-state index in [9.17, 15) is 0 Å². The molecule has 0 unspecified atom stereocenters. The molecule has 0 aromatic rings. The Balaban J connectivity index is 1.76. The minimum Gasteiger partial charge on any atom is -0.313 e. The van der Waals surface area contributed by atoms with Crippen molar-refractivity contribution in [2.75, 3.05) is 39.6 Å². The normalized spacial score (nSPS) is 38.5. The van der Waals surface area contributed by atoms with Crippen LogP contribution in [0, 0.1) is 5.41 Å². The van der Waals surface area contributed by atoms with Gasteiger partial charge in [-0.15, -0.1) is 0 Å². The smallest absolute Gasteiger partial charge is 0.313 e. The predicted octanol–water partition coefficient (Wildman–Crippen LogP) is 2.59. The van der Waals surface area contributed by atoms with Gasteiger partial charge in [0.2, 0.25) is 0 Å². The Morgan fingerprint density at radius 3 is 1.47 bits per heavy atom. The SMILES string of the molecule is CCOP1OCC2(CO1)COP(OCC)OC2. The first-order valence-electron chi connectivity index (χ1n) is 5.66. The topological polar surface area (TPSA) is 55.4 Å². The third-order valence-electron chi connectivity index (χ3n) is 2.37. The third kappa shape index (κ3) is 3.79. The number of hydrogen-bond acceptors (Lipinski definition) is 6. The van der Waals surface area contributed by atoms with Gasteiger partial charge in [-0.1, -0.05) is 0 Å². The Morgan fingerprint density at radius 1 is 0.824 bits per heavy atom. The van der Waals surface area contributed by atoms with E-state index < -0.39 is 17.2 Å². The fourth-order valence-electron chi connectivity index (χ4n) is 1.44. The molecule has 0 atom stereocenters. The standard InChI is InChI=1S/C9H18O6P2/c1-3-10-16-12-5-9(6-13-16)7-14-17(11-4-2)15-8-9/h3-8H2,1-2H3. The summed E-state index contributed by atoms with van der Waals surface area (Å²) in [5.41, 5.74) is -0.203. The monoisotopic (exact) mass is 284 g/mol. The van der Waals surface area contributed by atoms with E-state index >= 15 is 0 Å². The molecule has 2 heterocycles. The summed E-state index contributed by atoms with van der Waals surface area (Å²) in [6, 6.07) is 0. The van der Waals surface area contributed by atoms with Crippen LogP contribution in [0.15, 0.2) is 0 Å². The average molecular weight is 284 g/mol. The van der Waals surface area contributed by atoms with Crippen LogP contribution < -0.4 is 0 Å². The summed E-state index contributed by atoms with van der Waals surface area (Å²) in [7, 11) is -2.35. The molecule has 0 aliphatic carbocycles. The van der Waals surface area contributed by atoms with Crippen LogP contribution in [0.3, 0.4) is 0 Å². The third-order valence-corrected chi connectivity index (χ3v) is 4.67. The van der Waals surface area contributed by atoms with Crippen LogP contribution in [0.1, 0.15) is 13.8 Å². The van der Waals surface area contributed by atoms with Gasteiger partial charge in [-0.25, -0.2) is 0 Å². The quantitative estimate of drug-likeness (QED) is 0.740. The molecule has 2 saturated heterocycles. The minimum absolute atomic E-state index is 0.203. The van der Waals surface area contributed by atoms with Gasteiger partial charge in [-0.05, 0) is 13.8 Å². The van der Waals surface area contributed by atoms with Crippen molar-refractivity contribution in [3.8, 4) is 0 Å². The van der Waals surface area contributed by atoms with Crippen molar-refractivity contribution in [3.05, 3.63) is 0 Å². The Morgan fingerprint density at radius 2 is 1.18 bits per heavy atom. The van der Waals surface area contributed by atoms with Crippen LogP contribution in [-0.2, 0) is 27.1 Å². The summed E-state index contributed by atoms with van der Waals surface area (Å²) in [4.78, 5) is 0. The summed E-state index contributed by atoms with van der Waals surface area (Å²) in [5.74, 6) is 0. The van der Waals surface area contributed by atoms with Gasteiger partial charge < -0.3 is 27.1 Å². The lowest BCUT2D eigenvalue weighted by atomic mass is 9.93. The van der Waals surface area contributed by atoms with Gasteiger partial charge in [-0.2, -0.15) is 0 Å². The molecule has 17 heavy (non-hydrogen) atoms. The van der Waals surface area contributed by atoms with E-state index in [4.69, 9.17) is 27.1 Å². The molecule has 1 spiro atoms. The fourth-order valence-corrected chi connectivity index (χ4v) is 3.83. The van der Waals surface area contributed by atoms with Crippen molar-refractivity contribution >= 4 is 17.2 Å². The van der Waals surface area contributed by atoms with E-state index in [0.717, 1.165) is 0 Å². The second-order valence-electron chi connectivity index (χ2n) is 3.88. The highest BCUT2D eigenvalue weighted by molar-refractivity contribution is 7.42. The molecule has 6 nitrogen and oxygen atoms in total. The molecule has 0 aromatic heterocycles. The van der Waals surface area contributed by atoms with E-state index in [1.165, 1.54) is 0 Å². The van der Waals surface area contributed by atoms with E-state index in [1.54, 1.807) is 0 Å². The summed E-state index contributed by atoms with van der Waals surface area (Å²) >= 11 is 0. The van der Waals surface area contributed by atoms with Gasteiger partial charge in [-0.3, -0.25) is 0 Å². The van der Waals surface area contributed by atoms with Gasteiger partial charge in [0.15, 0.2) is 0 Å². The largest absolute Gasteiger partial charge is 0.332 e. The molecule has 0 N–H and O–H groups in total. The van der Waals surface area contributed by atoms with Crippen molar-refractivity contribution in [1.82, 2.24) is 0 Å². The molecular weight excluding hydrogens is 266 g/mol. The molecule has 0 bridgehead atoms. The van der Waals surface area contributed by atoms with Crippen LogP contribution in [-0.4, -0.2) is 39.6 Å². The van der Waals surface area contributed by atoms with Gasteiger partial charge in [0.05, 0.1) is 45.1 Å². The van der Waals surface area contributed by atoms with E-state index in [2.05, 4.69) is 0 Å². The average Bonchev–Trinajstić information content (AvgIpc) is 2.36. The molecule has 8 heteroatoms. The van der Waals surface area contributed by atoms with Crippen LogP contribution in [0.5, 0.6) is 0 Å². The lowest BCUT2D eigenvalue weighted by Gasteiger charge is -2.41. The second-order valence-corrected chi connectivity index (χ2v) is 6.32. The fraction of sp³-hybridized carbons (Fsp3) is 1.00. The van der Waals surface area contributed by atoms with Crippen LogP contribution in [0.2, 0.25) is 0 Å². The molecule has 2 rings (SSSR count). The molecule has 2 aliphatic rings. The highest BCUT2D eigenvalue weighted by atomic mass is 31.2. The van der Waals surface area contributed by atoms with Gasteiger partial charge in [0.25, 0.3) is 0 Å². The molecule has 100 valence electrons. The van der Waals surface area contributed by atoms with E-state index in [-0.39, 0.29) is 5.41 Å². The van der Waals surface area contributed by atoms with E-state index in [1.807, 2.05) is 13.8 Å². The second kappa shape index (κ2) is 6.69. The molecular formula is C9H18O6P2. The molecule has 0 radical (unpaired) electrons. The highest BCUT2D eigenvalue weighted by Crippen LogP contribution is 2.52. The summed E-state index contributed by atoms with van der Waals surface area (Å²) in [5, 5.41) is 0. The summed E-state index contributed by atoms with van der Waals surface area (Å²) in [6.45, 7) is 7.23. The van der Waals surface area contributed by atoms with Crippen LogP contribution in [0.4, 0.5) is 0 Å². The van der Waals surface area contributed by atoms with Crippen molar-refractivity contribution in [2.24, 2.45) is 5.41 Å². The van der Waals surface area contributed by atoms with E-state index in [0.29, 0.717) is 39.6 Å².